The van der Waals surface area contributed by atoms with Crippen LogP contribution in [-0.2, 0) is 13.1 Å². The molecule has 0 amide bonds. The third kappa shape index (κ3) is 5.25. The van der Waals surface area contributed by atoms with E-state index in [1.807, 2.05) is 6.20 Å². The molecule has 2 N–H and O–H groups in total. The van der Waals surface area contributed by atoms with Crippen LogP contribution in [0.1, 0.15) is 19.5 Å². The smallest absolute Gasteiger partial charge is 0.0964 e. The molecule has 0 aromatic carbocycles. The van der Waals surface area contributed by atoms with E-state index in [0.717, 1.165) is 25.3 Å². The topological polar surface area (TPSA) is 66.2 Å². The molecule has 6 nitrogen and oxygen atoms in total. The molecule has 1 aromatic heterocycles. The fourth-order valence-electron chi connectivity index (χ4n) is 1.36. The Kier molecular flexibility index (Phi) is 6.10. The van der Waals surface area contributed by atoms with Crippen molar-refractivity contribution < 1.29 is 5.11 Å². The van der Waals surface area contributed by atoms with Crippen LogP contribution in [-0.4, -0.2) is 57.8 Å². The summed E-state index contributed by atoms with van der Waals surface area (Å²) in [5, 5.41) is 20.0. The van der Waals surface area contributed by atoms with Gasteiger partial charge < -0.3 is 15.3 Å². The first-order chi connectivity index (χ1) is 8.13. The molecule has 0 aliphatic rings. The van der Waals surface area contributed by atoms with Crippen molar-refractivity contribution in [3.8, 4) is 0 Å². The number of aromatic nitrogens is 3. The summed E-state index contributed by atoms with van der Waals surface area (Å²) in [6.07, 6.45) is 1.86. The van der Waals surface area contributed by atoms with Crippen molar-refractivity contribution in [3.63, 3.8) is 0 Å². The highest BCUT2D eigenvalue weighted by Crippen LogP contribution is 1.93. The molecule has 0 radical (unpaired) electrons. The molecule has 17 heavy (non-hydrogen) atoms. The van der Waals surface area contributed by atoms with Crippen LogP contribution in [0.3, 0.4) is 0 Å². The van der Waals surface area contributed by atoms with Gasteiger partial charge in [-0.1, -0.05) is 5.21 Å². The molecule has 0 bridgehead atoms. The summed E-state index contributed by atoms with van der Waals surface area (Å²) in [6.45, 7) is 7.63. The van der Waals surface area contributed by atoms with E-state index in [9.17, 15) is 0 Å². The second-order valence-electron chi connectivity index (χ2n) is 4.45. The first-order valence-corrected chi connectivity index (χ1v) is 6.04. The maximum atomic E-state index is 8.75. The molecule has 1 rings (SSSR count). The standard InChI is InChI=1S/C11H23N5O/c1-10(2)15(3)5-4-12-8-11-9-16(6-7-17)14-13-11/h9-10,12,17H,4-8H2,1-3H3. The summed E-state index contributed by atoms with van der Waals surface area (Å²) in [6, 6.07) is 0.572. The number of likely N-dealkylation sites (N-methyl/N-ethyl adjacent to an activating group) is 1. The van der Waals surface area contributed by atoms with Crippen molar-refractivity contribution in [2.24, 2.45) is 0 Å². The fourth-order valence-corrected chi connectivity index (χ4v) is 1.36. The number of aliphatic hydroxyl groups excluding tert-OH is 1. The molecule has 0 atom stereocenters. The van der Waals surface area contributed by atoms with Crippen LogP contribution in [0.5, 0.6) is 0 Å². The third-order valence-corrected chi connectivity index (χ3v) is 2.74. The second kappa shape index (κ2) is 7.37. The number of nitrogens with zero attached hydrogens (tertiary/aromatic N) is 4. The van der Waals surface area contributed by atoms with Crippen molar-refractivity contribution in [2.45, 2.75) is 33.0 Å². The summed E-state index contributed by atoms with van der Waals surface area (Å²) in [5.74, 6) is 0. The molecule has 0 aliphatic heterocycles. The van der Waals surface area contributed by atoms with E-state index in [2.05, 4.69) is 41.4 Å². The first kappa shape index (κ1) is 14.1. The van der Waals surface area contributed by atoms with Gasteiger partial charge in [0.25, 0.3) is 0 Å². The fraction of sp³-hybridized carbons (Fsp3) is 0.818. The van der Waals surface area contributed by atoms with E-state index >= 15 is 0 Å². The van der Waals surface area contributed by atoms with Crippen LogP contribution >= 0.6 is 0 Å². The summed E-state index contributed by atoms with van der Waals surface area (Å²) in [4.78, 5) is 2.29. The Morgan fingerprint density at radius 3 is 2.94 bits per heavy atom. The predicted molar refractivity (Wildman–Crippen MR) is 66.6 cm³/mol. The molecular formula is C11H23N5O. The highest BCUT2D eigenvalue weighted by atomic mass is 16.3. The van der Waals surface area contributed by atoms with E-state index in [0.29, 0.717) is 12.6 Å². The van der Waals surface area contributed by atoms with Gasteiger partial charge in [-0.15, -0.1) is 5.10 Å². The van der Waals surface area contributed by atoms with Gasteiger partial charge in [-0.25, -0.2) is 4.68 Å². The Bertz CT molecular complexity index is 313. The van der Waals surface area contributed by atoms with Gasteiger partial charge in [0.15, 0.2) is 0 Å². The van der Waals surface area contributed by atoms with Gasteiger partial charge in [0, 0.05) is 31.9 Å². The van der Waals surface area contributed by atoms with Gasteiger partial charge in [-0.05, 0) is 20.9 Å². The number of aliphatic hydroxyl groups is 1. The maximum Gasteiger partial charge on any atom is 0.0964 e. The van der Waals surface area contributed by atoms with Gasteiger partial charge in [-0.3, -0.25) is 0 Å². The molecular weight excluding hydrogens is 218 g/mol. The van der Waals surface area contributed by atoms with Crippen LogP contribution < -0.4 is 5.32 Å². The van der Waals surface area contributed by atoms with Crippen molar-refractivity contribution in [1.29, 1.82) is 0 Å². The van der Waals surface area contributed by atoms with E-state index in [1.54, 1.807) is 4.68 Å². The highest BCUT2D eigenvalue weighted by molar-refractivity contribution is 4.91. The highest BCUT2D eigenvalue weighted by Gasteiger charge is 2.03. The van der Waals surface area contributed by atoms with E-state index in [1.165, 1.54) is 0 Å². The van der Waals surface area contributed by atoms with Crippen molar-refractivity contribution >= 4 is 0 Å². The van der Waals surface area contributed by atoms with Crippen molar-refractivity contribution in [2.75, 3.05) is 26.7 Å². The SMILES string of the molecule is CC(C)N(C)CCNCc1cn(CCO)nn1. The van der Waals surface area contributed by atoms with E-state index in [4.69, 9.17) is 5.11 Å². The zero-order chi connectivity index (χ0) is 12.7. The average Bonchev–Trinajstić information content (AvgIpc) is 2.72. The van der Waals surface area contributed by atoms with Crippen LogP contribution in [0.2, 0.25) is 0 Å². The largest absolute Gasteiger partial charge is 0.394 e. The van der Waals surface area contributed by atoms with E-state index < -0.39 is 0 Å². The minimum Gasteiger partial charge on any atom is -0.394 e. The van der Waals surface area contributed by atoms with Crippen molar-refractivity contribution in [3.05, 3.63) is 11.9 Å². The van der Waals surface area contributed by atoms with Gasteiger partial charge >= 0.3 is 0 Å². The predicted octanol–water partition coefficient (Wildman–Crippen LogP) is -0.300. The number of hydrogen-bond donors (Lipinski definition) is 2. The van der Waals surface area contributed by atoms with Gasteiger partial charge in [-0.2, -0.15) is 0 Å². The quantitative estimate of drug-likeness (QED) is 0.612. The van der Waals surface area contributed by atoms with Crippen LogP contribution in [0.4, 0.5) is 0 Å². The summed E-state index contributed by atoms with van der Waals surface area (Å²) >= 11 is 0. The Balaban J connectivity index is 2.17. The average molecular weight is 241 g/mol. The Morgan fingerprint density at radius 1 is 1.53 bits per heavy atom. The molecule has 98 valence electrons. The van der Waals surface area contributed by atoms with Crippen molar-refractivity contribution in [1.82, 2.24) is 25.2 Å². The van der Waals surface area contributed by atoms with Gasteiger partial charge in [0.2, 0.25) is 0 Å². The van der Waals surface area contributed by atoms with Crippen LogP contribution in [0.15, 0.2) is 6.20 Å². The van der Waals surface area contributed by atoms with E-state index in [-0.39, 0.29) is 6.61 Å². The number of rotatable bonds is 8. The lowest BCUT2D eigenvalue weighted by molar-refractivity contribution is 0.268. The lowest BCUT2D eigenvalue weighted by Gasteiger charge is -2.20. The summed E-state index contributed by atoms with van der Waals surface area (Å²) < 4.78 is 1.65. The number of nitrogens with one attached hydrogen (secondary N) is 1. The van der Waals surface area contributed by atoms with Crippen LogP contribution in [0.25, 0.3) is 0 Å². The summed E-state index contributed by atoms with van der Waals surface area (Å²) in [5.41, 5.74) is 0.908. The molecule has 0 spiro atoms. The molecule has 6 heteroatoms. The van der Waals surface area contributed by atoms with Gasteiger partial charge in [0.05, 0.1) is 18.8 Å². The maximum absolute atomic E-state index is 8.75. The Hall–Kier alpha value is -0.980. The molecule has 0 aliphatic carbocycles. The van der Waals surface area contributed by atoms with Crippen LogP contribution in [0, 0.1) is 0 Å². The monoisotopic (exact) mass is 241 g/mol. The Labute approximate surface area is 103 Å². The lowest BCUT2D eigenvalue weighted by Crippen LogP contribution is -2.33. The molecule has 1 aromatic rings. The normalized spacial score (nSPS) is 11.6. The number of hydrogen-bond acceptors (Lipinski definition) is 5. The molecule has 0 saturated heterocycles. The molecule has 0 saturated carbocycles. The zero-order valence-corrected chi connectivity index (χ0v) is 10.9. The second-order valence-corrected chi connectivity index (χ2v) is 4.45. The lowest BCUT2D eigenvalue weighted by atomic mass is 10.3. The zero-order valence-electron chi connectivity index (χ0n) is 10.9. The third-order valence-electron chi connectivity index (χ3n) is 2.74. The minimum atomic E-state index is 0.0927. The summed E-state index contributed by atoms with van der Waals surface area (Å²) in [7, 11) is 2.11. The molecule has 1 heterocycles. The molecule has 0 unspecified atom stereocenters. The molecule has 0 fully saturated rings. The first-order valence-electron chi connectivity index (χ1n) is 6.04. The van der Waals surface area contributed by atoms with Gasteiger partial charge in [0.1, 0.15) is 0 Å². The minimum absolute atomic E-state index is 0.0927. The Morgan fingerprint density at radius 2 is 2.29 bits per heavy atom.